The van der Waals surface area contributed by atoms with Crippen LogP contribution in [0.2, 0.25) is 0 Å². The topological polar surface area (TPSA) is 41.4 Å². The van der Waals surface area contributed by atoms with Crippen LogP contribution in [-0.2, 0) is 10.2 Å². The van der Waals surface area contributed by atoms with Gasteiger partial charge in [0, 0.05) is 37.1 Å². The highest BCUT2D eigenvalue weighted by Gasteiger charge is 2.44. The second kappa shape index (κ2) is 11.2. The lowest BCUT2D eigenvalue weighted by atomic mass is 9.70. The van der Waals surface area contributed by atoms with Gasteiger partial charge in [-0.15, -0.1) is 0 Å². The minimum atomic E-state index is 0.173. The van der Waals surface area contributed by atoms with Crippen LogP contribution in [0.1, 0.15) is 95.0 Å². The van der Waals surface area contributed by atoms with Gasteiger partial charge in [0.2, 0.25) is 5.91 Å². The van der Waals surface area contributed by atoms with Crippen molar-refractivity contribution in [1.29, 1.82) is 0 Å². The zero-order valence-corrected chi connectivity index (χ0v) is 25.2. The highest BCUT2D eigenvalue weighted by Crippen LogP contribution is 2.45. The Morgan fingerprint density at radius 3 is 2.22 bits per heavy atom. The van der Waals surface area contributed by atoms with Crippen molar-refractivity contribution in [3.63, 3.8) is 0 Å². The highest BCUT2D eigenvalue weighted by atomic mass is 16.2. The second-order valence-corrected chi connectivity index (χ2v) is 13.9. The van der Waals surface area contributed by atoms with E-state index >= 15 is 0 Å². The molecule has 3 saturated heterocycles. The van der Waals surface area contributed by atoms with E-state index in [4.69, 9.17) is 4.98 Å². The smallest absolute Gasteiger partial charge is 0.225 e. The van der Waals surface area contributed by atoms with Crippen molar-refractivity contribution in [2.45, 2.75) is 108 Å². The molecule has 4 fully saturated rings. The van der Waals surface area contributed by atoms with Crippen molar-refractivity contribution in [1.82, 2.24) is 19.4 Å². The number of hydrogen-bond donors (Lipinski definition) is 0. The van der Waals surface area contributed by atoms with Crippen molar-refractivity contribution >= 4 is 16.9 Å². The van der Waals surface area contributed by atoms with E-state index in [-0.39, 0.29) is 11.3 Å². The fraction of sp³-hybridized carbons (Fsp3) is 0.611. The van der Waals surface area contributed by atoms with Gasteiger partial charge in [-0.2, -0.15) is 0 Å². The maximum atomic E-state index is 13.5. The summed E-state index contributed by atoms with van der Waals surface area (Å²) in [6.07, 6.45) is 13.1. The molecule has 4 aliphatic rings. The van der Waals surface area contributed by atoms with Crippen molar-refractivity contribution in [3.8, 4) is 0 Å². The van der Waals surface area contributed by atoms with E-state index in [1.807, 2.05) is 0 Å². The van der Waals surface area contributed by atoms with E-state index in [0.717, 1.165) is 56.0 Å². The van der Waals surface area contributed by atoms with Gasteiger partial charge >= 0.3 is 0 Å². The SMILES string of the molecule is Cc1nc2ccccc2n1[C@H]1C[C@H]2CC[C@@H](C1)N2CCC1(c2ccccc2)CCN(C(=O)C2CCC(C)CC2)CC1. The summed E-state index contributed by atoms with van der Waals surface area (Å²) in [4.78, 5) is 23.5. The summed E-state index contributed by atoms with van der Waals surface area (Å²) in [5.74, 6) is 2.66. The number of benzene rings is 2. The number of likely N-dealkylation sites (tertiary alicyclic amines) is 1. The number of aryl methyl sites for hydroxylation is 1. The van der Waals surface area contributed by atoms with E-state index in [2.05, 4.69) is 82.8 Å². The summed E-state index contributed by atoms with van der Waals surface area (Å²) in [6.45, 7) is 7.54. The molecule has 5 nitrogen and oxygen atoms in total. The molecule has 0 unspecified atom stereocenters. The summed E-state index contributed by atoms with van der Waals surface area (Å²) in [5.41, 5.74) is 4.09. The van der Waals surface area contributed by atoms with Crippen LogP contribution >= 0.6 is 0 Å². The van der Waals surface area contributed by atoms with E-state index in [1.165, 1.54) is 62.6 Å². The molecule has 0 spiro atoms. The molecular weight excluding hydrogens is 504 g/mol. The van der Waals surface area contributed by atoms with Crippen LogP contribution in [0.4, 0.5) is 0 Å². The molecule has 3 aromatic rings. The molecular formula is C36H48N4O. The Morgan fingerprint density at radius 2 is 1.51 bits per heavy atom. The largest absolute Gasteiger partial charge is 0.342 e. The van der Waals surface area contributed by atoms with E-state index in [9.17, 15) is 4.79 Å². The summed E-state index contributed by atoms with van der Waals surface area (Å²) in [6, 6.07) is 21.8. The highest BCUT2D eigenvalue weighted by molar-refractivity contribution is 5.79. The van der Waals surface area contributed by atoms with Gasteiger partial charge in [-0.25, -0.2) is 4.98 Å². The first kappa shape index (κ1) is 27.2. The van der Waals surface area contributed by atoms with Crippen LogP contribution in [-0.4, -0.2) is 57.0 Å². The predicted octanol–water partition coefficient (Wildman–Crippen LogP) is 7.29. The van der Waals surface area contributed by atoms with Crippen LogP contribution in [0, 0.1) is 18.8 Å². The number of para-hydroxylation sites is 2. The van der Waals surface area contributed by atoms with E-state index < -0.39 is 0 Å². The zero-order valence-electron chi connectivity index (χ0n) is 25.2. The maximum absolute atomic E-state index is 13.5. The molecule has 1 aromatic heterocycles. The van der Waals surface area contributed by atoms with Gasteiger partial charge in [-0.3, -0.25) is 9.69 Å². The Kier molecular flexibility index (Phi) is 7.43. The molecule has 2 bridgehead atoms. The monoisotopic (exact) mass is 552 g/mol. The zero-order chi connectivity index (χ0) is 28.0. The van der Waals surface area contributed by atoms with Gasteiger partial charge in [0.1, 0.15) is 5.82 Å². The molecule has 4 heterocycles. The third kappa shape index (κ3) is 5.13. The molecule has 3 aliphatic heterocycles. The van der Waals surface area contributed by atoms with Crippen LogP contribution in [0.5, 0.6) is 0 Å². The number of aromatic nitrogens is 2. The number of carbonyl (C=O) groups excluding carboxylic acids is 1. The first-order valence-corrected chi connectivity index (χ1v) is 16.5. The number of fused-ring (bicyclic) bond motifs is 3. The third-order valence-corrected chi connectivity index (χ3v) is 11.6. The molecule has 5 heteroatoms. The quantitative estimate of drug-likeness (QED) is 0.322. The molecule has 2 aromatic carbocycles. The molecule has 0 radical (unpaired) electrons. The van der Waals surface area contributed by atoms with Crippen molar-refractivity contribution in [3.05, 3.63) is 66.0 Å². The third-order valence-electron chi connectivity index (χ3n) is 11.6. The number of imidazole rings is 1. The van der Waals surface area contributed by atoms with Crippen molar-refractivity contribution in [2.24, 2.45) is 11.8 Å². The van der Waals surface area contributed by atoms with Gasteiger partial charge in [-0.1, -0.05) is 49.4 Å². The minimum absolute atomic E-state index is 0.173. The Balaban J connectivity index is 1.04. The summed E-state index contributed by atoms with van der Waals surface area (Å²) < 4.78 is 2.54. The number of nitrogens with zero attached hydrogens (tertiary/aromatic N) is 4. The first-order chi connectivity index (χ1) is 20.0. The lowest BCUT2D eigenvalue weighted by Crippen LogP contribution is -2.50. The van der Waals surface area contributed by atoms with Gasteiger partial charge in [0.25, 0.3) is 0 Å². The molecule has 41 heavy (non-hydrogen) atoms. The van der Waals surface area contributed by atoms with E-state index in [1.54, 1.807) is 0 Å². The molecule has 7 rings (SSSR count). The lowest BCUT2D eigenvalue weighted by molar-refractivity contribution is -0.138. The second-order valence-electron chi connectivity index (χ2n) is 13.9. The van der Waals surface area contributed by atoms with Crippen LogP contribution < -0.4 is 0 Å². The van der Waals surface area contributed by atoms with Crippen LogP contribution in [0.15, 0.2) is 54.6 Å². The van der Waals surface area contributed by atoms with Crippen LogP contribution in [0.3, 0.4) is 0 Å². The number of carbonyl (C=O) groups is 1. The number of rotatable bonds is 6. The Morgan fingerprint density at radius 1 is 0.854 bits per heavy atom. The normalized spacial score (nSPS) is 30.1. The standard InChI is InChI=1S/C36H48N4O/c1-26-12-14-28(15-13-26)35(41)38-21-18-36(19-22-38,29-8-4-3-5-9-29)20-23-39-30-16-17-31(39)25-32(24-30)40-27(2)37-33-10-6-7-11-34(33)40/h3-11,26,28,30-32H,12-25H2,1-2H3/t26?,28?,30-,31+,32+. The average molecular weight is 553 g/mol. The Bertz CT molecular complexity index is 1330. The van der Waals surface area contributed by atoms with Gasteiger partial charge in [-0.05, 0) is 113 Å². The fourth-order valence-electron chi connectivity index (χ4n) is 9.19. The summed E-state index contributed by atoms with van der Waals surface area (Å²) in [7, 11) is 0. The van der Waals surface area contributed by atoms with Crippen molar-refractivity contribution < 1.29 is 4.79 Å². The molecule has 1 aliphatic carbocycles. The number of hydrogen-bond acceptors (Lipinski definition) is 3. The van der Waals surface area contributed by atoms with E-state index in [0.29, 0.717) is 24.0 Å². The fourth-order valence-corrected chi connectivity index (χ4v) is 9.19. The summed E-state index contributed by atoms with van der Waals surface area (Å²) >= 11 is 0. The molecule has 1 saturated carbocycles. The Hall–Kier alpha value is -2.66. The number of amides is 1. The maximum Gasteiger partial charge on any atom is 0.225 e. The summed E-state index contributed by atoms with van der Waals surface area (Å²) in [5, 5.41) is 0. The van der Waals surface area contributed by atoms with Crippen LogP contribution in [0.25, 0.3) is 11.0 Å². The van der Waals surface area contributed by atoms with Crippen molar-refractivity contribution in [2.75, 3.05) is 19.6 Å². The van der Waals surface area contributed by atoms with Gasteiger partial charge in [0.15, 0.2) is 0 Å². The average Bonchev–Trinajstić information content (AvgIpc) is 3.47. The molecule has 3 atom stereocenters. The molecule has 0 N–H and O–H groups in total. The predicted molar refractivity (Wildman–Crippen MR) is 166 cm³/mol. The van der Waals surface area contributed by atoms with Gasteiger partial charge < -0.3 is 9.47 Å². The lowest BCUT2D eigenvalue weighted by Gasteiger charge is -2.46. The molecule has 218 valence electrons. The minimum Gasteiger partial charge on any atom is -0.342 e. The first-order valence-electron chi connectivity index (χ1n) is 16.5. The number of piperidine rings is 2. The Labute approximate surface area is 246 Å². The molecule has 1 amide bonds. The van der Waals surface area contributed by atoms with Gasteiger partial charge in [0.05, 0.1) is 11.0 Å².